The van der Waals surface area contributed by atoms with Gasteiger partial charge in [-0.2, -0.15) is 0 Å². The summed E-state index contributed by atoms with van der Waals surface area (Å²) < 4.78 is 3.43. The first-order chi connectivity index (χ1) is 13.6. The zero-order chi connectivity index (χ0) is 19.3. The van der Waals surface area contributed by atoms with E-state index in [0.717, 1.165) is 38.2 Å². The van der Waals surface area contributed by atoms with Crippen LogP contribution in [-0.4, -0.2) is 83.4 Å². The number of nitrogens with one attached hydrogen (secondary N) is 1. The van der Waals surface area contributed by atoms with Gasteiger partial charge in [0, 0.05) is 45.8 Å². The molecule has 2 aromatic rings. The summed E-state index contributed by atoms with van der Waals surface area (Å²) in [6.07, 6.45) is 4.74. The Morgan fingerprint density at radius 3 is 2.68 bits per heavy atom. The van der Waals surface area contributed by atoms with Gasteiger partial charge in [0.15, 0.2) is 5.82 Å². The summed E-state index contributed by atoms with van der Waals surface area (Å²) in [5.74, 6) is 0.986. The fraction of sp³-hybridized carbons (Fsp3) is 0.647. The van der Waals surface area contributed by atoms with Crippen LogP contribution in [0.1, 0.15) is 52.4 Å². The van der Waals surface area contributed by atoms with Gasteiger partial charge in [-0.25, -0.2) is 4.98 Å². The van der Waals surface area contributed by atoms with Crippen LogP contribution in [0.25, 0.3) is 0 Å². The molecule has 28 heavy (non-hydrogen) atoms. The molecule has 0 radical (unpaired) electrons. The molecule has 1 aliphatic carbocycles. The fourth-order valence-corrected chi connectivity index (χ4v) is 4.08. The van der Waals surface area contributed by atoms with Gasteiger partial charge in [0.2, 0.25) is 11.6 Å². The standard InChI is InChI=1S/C17H23N9O2/c1-23-10-18-13(22-23)17(28)25-6-5-24-7-8-26-14(12(24)9-25)20-21-15(26)16(27)19-11-3-2-4-11/h10-12H,2-9H2,1H3,(H,19,27)/t12-/m0/s1. The minimum Gasteiger partial charge on any atom is -0.347 e. The number of fused-ring (bicyclic) bond motifs is 3. The molecule has 11 nitrogen and oxygen atoms in total. The Labute approximate surface area is 161 Å². The third-order valence-electron chi connectivity index (χ3n) is 5.90. The lowest BCUT2D eigenvalue weighted by Crippen LogP contribution is -2.54. The number of aromatic nitrogens is 6. The fourth-order valence-electron chi connectivity index (χ4n) is 4.08. The second-order valence-electron chi connectivity index (χ2n) is 7.68. The highest BCUT2D eigenvalue weighted by Gasteiger charge is 2.39. The molecule has 148 valence electrons. The van der Waals surface area contributed by atoms with Gasteiger partial charge in [-0.3, -0.25) is 19.2 Å². The molecule has 0 unspecified atom stereocenters. The Balaban J connectivity index is 1.35. The Kier molecular flexibility index (Phi) is 4.11. The third kappa shape index (κ3) is 2.86. The molecule has 2 aliphatic heterocycles. The Bertz CT molecular complexity index is 916. The molecule has 5 rings (SSSR count). The summed E-state index contributed by atoms with van der Waals surface area (Å²) in [5, 5.41) is 15.6. The maximum atomic E-state index is 12.7. The van der Waals surface area contributed by atoms with Gasteiger partial charge in [-0.05, 0) is 19.3 Å². The molecule has 1 saturated heterocycles. The largest absolute Gasteiger partial charge is 0.347 e. The van der Waals surface area contributed by atoms with Gasteiger partial charge >= 0.3 is 0 Å². The number of piperazine rings is 1. The Hall–Kier alpha value is -2.82. The molecule has 3 aliphatic rings. The number of rotatable bonds is 3. The number of nitrogens with zero attached hydrogens (tertiary/aromatic N) is 8. The molecular weight excluding hydrogens is 362 g/mol. The lowest BCUT2D eigenvalue weighted by atomic mass is 9.93. The van der Waals surface area contributed by atoms with Crippen molar-refractivity contribution in [3.63, 3.8) is 0 Å². The highest BCUT2D eigenvalue weighted by atomic mass is 16.2. The summed E-state index contributed by atoms with van der Waals surface area (Å²) in [5.41, 5.74) is 0. The molecule has 1 N–H and O–H groups in total. The molecule has 11 heteroatoms. The van der Waals surface area contributed by atoms with Crippen molar-refractivity contribution in [2.24, 2.45) is 7.05 Å². The van der Waals surface area contributed by atoms with Crippen LogP contribution < -0.4 is 5.32 Å². The average molecular weight is 385 g/mol. The Morgan fingerprint density at radius 2 is 1.96 bits per heavy atom. The van der Waals surface area contributed by atoms with E-state index >= 15 is 0 Å². The Morgan fingerprint density at radius 1 is 1.14 bits per heavy atom. The van der Waals surface area contributed by atoms with Crippen LogP contribution in [0.5, 0.6) is 0 Å². The quantitative estimate of drug-likeness (QED) is 0.736. The number of hydrogen-bond acceptors (Lipinski definition) is 7. The summed E-state index contributed by atoms with van der Waals surface area (Å²) >= 11 is 0. The summed E-state index contributed by atoms with van der Waals surface area (Å²) in [4.78, 5) is 33.4. The lowest BCUT2D eigenvalue weighted by Gasteiger charge is -2.43. The van der Waals surface area contributed by atoms with Gasteiger partial charge in [-0.1, -0.05) is 0 Å². The van der Waals surface area contributed by atoms with Gasteiger partial charge in [0.25, 0.3) is 11.8 Å². The van der Waals surface area contributed by atoms with E-state index in [9.17, 15) is 9.59 Å². The maximum Gasteiger partial charge on any atom is 0.293 e. The third-order valence-corrected chi connectivity index (χ3v) is 5.90. The van der Waals surface area contributed by atoms with Crippen molar-refractivity contribution < 1.29 is 9.59 Å². The first-order valence-corrected chi connectivity index (χ1v) is 9.73. The SMILES string of the molecule is Cn1cnc(C(=O)N2CCN3CCn4c(C(=O)NC5CCC5)nnc4[C@@H]3C2)n1. The summed E-state index contributed by atoms with van der Waals surface area (Å²) in [7, 11) is 1.74. The highest BCUT2D eigenvalue weighted by molar-refractivity contribution is 5.91. The zero-order valence-corrected chi connectivity index (χ0v) is 15.8. The van der Waals surface area contributed by atoms with Crippen molar-refractivity contribution in [3.8, 4) is 0 Å². The van der Waals surface area contributed by atoms with Crippen LogP contribution >= 0.6 is 0 Å². The number of carbonyl (C=O) groups excluding carboxylic acids is 2. The lowest BCUT2D eigenvalue weighted by molar-refractivity contribution is 0.0363. The van der Waals surface area contributed by atoms with Crippen LogP contribution in [0.15, 0.2) is 6.33 Å². The second kappa shape index (κ2) is 6.66. The van der Waals surface area contributed by atoms with Crippen molar-refractivity contribution in [1.82, 2.24) is 44.6 Å². The molecule has 0 bridgehead atoms. The van der Waals surface area contributed by atoms with Crippen LogP contribution in [0.3, 0.4) is 0 Å². The molecule has 2 fully saturated rings. The first kappa shape index (κ1) is 17.3. The van der Waals surface area contributed by atoms with Gasteiger partial charge in [0.1, 0.15) is 6.33 Å². The normalized spacial score (nSPS) is 22.3. The van der Waals surface area contributed by atoms with Crippen LogP contribution in [-0.2, 0) is 13.6 Å². The molecule has 4 heterocycles. The zero-order valence-electron chi connectivity index (χ0n) is 15.8. The maximum absolute atomic E-state index is 12.7. The van der Waals surface area contributed by atoms with E-state index in [1.54, 1.807) is 11.9 Å². The number of amides is 2. The van der Waals surface area contributed by atoms with E-state index in [2.05, 4.69) is 30.5 Å². The van der Waals surface area contributed by atoms with Crippen molar-refractivity contribution in [3.05, 3.63) is 23.8 Å². The monoisotopic (exact) mass is 385 g/mol. The number of hydrogen-bond donors (Lipinski definition) is 1. The van der Waals surface area contributed by atoms with Crippen molar-refractivity contribution >= 4 is 11.8 Å². The summed E-state index contributed by atoms with van der Waals surface area (Å²) in [6, 6.07) is 0.183. The molecule has 1 atom stereocenters. The van der Waals surface area contributed by atoms with E-state index in [0.29, 0.717) is 25.5 Å². The smallest absolute Gasteiger partial charge is 0.293 e. The number of aryl methyl sites for hydroxylation is 1. The minimum absolute atomic E-state index is 0.0760. The van der Waals surface area contributed by atoms with Crippen molar-refractivity contribution in [1.29, 1.82) is 0 Å². The minimum atomic E-state index is -0.181. The summed E-state index contributed by atoms with van der Waals surface area (Å²) in [6.45, 7) is 3.35. The average Bonchev–Trinajstić information content (AvgIpc) is 3.30. The van der Waals surface area contributed by atoms with Crippen LogP contribution in [0, 0.1) is 0 Å². The van der Waals surface area contributed by atoms with Gasteiger partial charge in [0.05, 0.1) is 6.04 Å². The predicted octanol–water partition coefficient (Wildman–Crippen LogP) is -0.798. The van der Waals surface area contributed by atoms with E-state index in [-0.39, 0.29) is 29.7 Å². The molecule has 1 saturated carbocycles. The molecular formula is C17H23N9O2. The highest BCUT2D eigenvalue weighted by Crippen LogP contribution is 2.29. The van der Waals surface area contributed by atoms with Crippen LogP contribution in [0.4, 0.5) is 0 Å². The topological polar surface area (TPSA) is 114 Å². The molecule has 0 aromatic carbocycles. The van der Waals surface area contributed by atoms with E-state index in [4.69, 9.17) is 0 Å². The molecule has 2 amide bonds. The molecule has 0 spiro atoms. The van der Waals surface area contributed by atoms with E-state index in [1.807, 2.05) is 4.57 Å². The first-order valence-electron chi connectivity index (χ1n) is 9.73. The number of carbonyl (C=O) groups is 2. The second-order valence-corrected chi connectivity index (χ2v) is 7.68. The van der Waals surface area contributed by atoms with Gasteiger partial charge in [-0.15, -0.1) is 15.3 Å². The van der Waals surface area contributed by atoms with E-state index in [1.165, 1.54) is 11.0 Å². The van der Waals surface area contributed by atoms with E-state index < -0.39 is 0 Å². The van der Waals surface area contributed by atoms with Crippen molar-refractivity contribution in [2.75, 3.05) is 26.2 Å². The van der Waals surface area contributed by atoms with Crippen molar-refractivity contribution in [2.45, 2.75) is 37.9 Å². The molecule has 2 aromatic heterocycles. The predicted molar refractivity (Wildman–Crippen MR) is 96.3 cm³/mol. The van der Waals surface area contributed by atoms with Crippen LogP contribution in [0.2, 0.25) is 0 Å². The van der Waals surface area contributed by atoms with Gasteiger partial charge < -0.3 is 14.8 Å².